The van der Waals surface area contributed by atoms with Gasteiger partial charge in [-0.25, -0.2) is 13.4 Å². The molecule has 1 aromatic heterocycles. The maximum atomic E-state index is 11.2. The van der Waals surface area contributed by atoms with E-state index in [1.54, 1.807) is 0 Å². The topological polar surface area (TPSA) is 98.8 Å². The van der Waals surface area contributed by atoms with E-state index < -0.39 is 9.84 Å². The summed E-state index contributed by atoms with van der Waals surface area (Å²) in [6, 6.07) is 0. The molecule has 0 unspecified atom stereocenters. The van der Waals surface area contributed by atoms with Gasteiger partial charge in [0.1, 0.15) is 17.4 Å². The van der Waals surface area contributed by atoms with Crippen LogP contribution in [0.2, 0.25) is 0 Å². The van der Waals surface area contributed by atoms with E-state index >= 15 is 0 Å². The molecule has 1 fully saturated rings. The van der Waals surface area contributed by atoms with Crippen molar-refractivity contribution in [3.63, 3.8) is 0 Å². The molecule has 0 aromatic carbocycles. The van der Waals surface area contributed by atoms with Crippen LogP contribution < -0.4 is 5.73 Å². The van der Waals surface area contributed by atoms with Gasteiger partial charge in [-0.2, -0.15) is 9.97 Å². The third-order valence-electron chi connectivity index (χ3n) is 2.83. The molecule has 1 heterocycles. The Balaban J connectivity index is 2.28. The molecule has 2 rings (SSSR count). The lowest BCUT2D eigenvalue weighted by Gasteiger charge is -2.09. The van der Waals surface area contributed by atoms with E-state index in [0.717, 1.165) is 31.9 Å². The summed E-state index contributed by atoms with van der Waals surface area (Å²) < 4.78 is 22.4. The first-order chi connectivity index (χ1) is 7.94. The van der Waals surface area contributed by atoms with Gasteiger partial charge in [-0.05, 0) is 12.8 Å². The van der Waals surface area contributed by atoms with Crippen molar-refractivity contribution in [3.05, 3.63) is 11.6 Å². The molecule has 0 bridgehead atoms. The zero-order valence-corrected chi connectivity index (χ0v) is 10.6. The molecule has 7 heteroatoms. The highest BCUT2D eigenvalue weighted by Crippen LogP contribution is 2.32. The van der Waals surface area contributed by atoms with E-state index in [0.29, 0.717) is 11.7 Å². The van der Waals surface area contributed by atoms with E-state index in [1.807, 2.05) is 0 Å². The third kappa shape index (κ3) is 3.36. The highest BCUT2D eigenvalue weighted by Gasteiger charge is 2.21. The van der Waals surface area contributed by atoms with Crippen LogP contribution in [0.15, 0.2) is 0 Å². The second-order valence-electron chi connectivity index (χ2n) is 4.52. The zero-order chi connectivity index (χ0) is 12.5. The van der Waals surface area contributed by atoms with Crippen molar-refractivity contribution in [3.8, 4) is 0 Å². The van der Waals surface area contributed by atoms with E-state index in [-0.39, 0.29) is 17.5 Å². The molecule has 6 nitrogen and oxygen atoms in total. The monoisotopic (exact) mass is 256 g/mol. The Morgan fingerprint density at radius 2 is 1.88 bits per heavy atom. The Labute approximate surface area is 101 Å². The van der Waals surface area contributed by atoms with Crippen molar-refractivity contribution in [1.29, 1.82) is 0 Å². The van der Waals surface area contributed by atoms with E-state index in [9.17, 15) is 8.42 Å². The van der Waals surface area contributed by atoms with Crippen LogP contribution in [-0.2, 0) is 15.6 Å². The van der Waals surface area contributed by atoms with Crippen LogP contribution in [0.4, 0.5) is 5.95 Å². The lowest BCUT2D eigenvalue weighted by Crippen LogP contribution is -2.12. The first-order valence-corrected chi connectivity index (χ1v) is 7.68. The Morgan fingerprint density at radius 1 is 1.24 bits per heavy atom. The maximum absolute atomic E-state index is 11.2. The van der Waals surface area contributed by atoms with Crippen LogP contribution in [0.5, 0.6) is 0 Å². The van der Waals surface area contributed by atoms with Crippen LogP contribution >= 0.6 is 0 Å². The average Bonchev–Trinajstić information content (AvgIpc) is 2.65. The summed E-state index contributed by atoms with van der Waals surface area (Å²) in [7, 11) is -3.14. The number of nitrogens with two attached hydrogens (primary N) is 1. The number of nitrogen functional groups attached to an aromatic ring is 1. The largest absolute Gasteiger partial charge is 0.368 e. The van der Waals surface area contributed by atoms with Gasteiger partial charge in [0.25, 0.3) is 0 Å². The molecule has 0 saturated heterocycles. The van der Waals surface area contributed by atoms with E-state index in [4.69, 9.17) is 5.73 Å². The Bertz CT molecular complexity index is 509. The Morgan fingerprint density at radius 3 is 2.47 bits per heavy atom. The Kier molecular flexibility index (Phi) is 3.28. The maximum Gasteiger partial charge on any atom is 0.223 e. The van der Waals surface area contributed by atoms with Crippen LogP contribution in [-0.4, -0.2) is 29.6 Å². The van der Waals surface area contributed by atoms with Gasteiger partial charge in [0, 0.05) is 12.2 Å². The van der Waals surface area contributed by atoms with Gasteiger partial charge in [0.05, 0.1) is 0 Å². The van der Waals surface area contributed by atoms with Gasteiger partial charge < -0.3 is 5.73 Å². The smallest absolute Gasteiger partial charge is 0.223 e. The van der Waals surface area contributed by atoms with E-state index in [1.165, 1.54) is 0 Å². The number of sulfone groups is 1. The minimum Gasteiger partial charge on any atom is -0.368 e. The second kappa shape index (κ2) is 4.56. The number of hydrogen-bond donors (Lipinski definition) is 1. The predicted octanol–water partition coefficient (Wildman–Crippen LogP) is 0.656. The number of rotatable bonds is 3. The molecule has 1 aromatic rings. The van der Waals surface area contributed by atoms with Gasteiger partial charge >= 0.3 is 0 Å². The fourth-order valence-corrected chi connectivity index (χ4v) is 2.72. The lowest BCUT2D eigenvalue weighted by atomic mass is 10.1. The highest BCUT2D eigenvalue weighted by molar-refractivity contribution is 7.89. The minimum atomic E-state index is -3.14. The summed E-state index contributed by atoms with van der Waals surface area (Å²) >= 11 is 0. The van der Waals surface area contributed by atoms with Gasteiger partial charge in [-0.1, -0.05) is 12.8 Å². The molecule has 94 valence electrons. The highest BCUT2D eigenvalue weighted by atomic mass is 32.2. The lowest BCUT2D eigenvalue weighted by molar-refractivity contribution is 0.598. The molecular formula is C10H16N4O2S. The summed E-state index contributed by atoms with van der Waals surface area (Å²) in [5, 5.41) is 0. The van der Waals surface area contributed by atoms with Crippen molar-refractivity contribution in [2.24, 2.45) is 0 Å². The van der Waals surface area contributed by atoms with E-state index in [2.05, 4.69) is 15.0 Å². The summed E-state index contributed by atoms with van der Waals surface area (Å²) in [4.78, 5) is 12.2. The van der Waals surface area contributed by atoms with Crippen LogP contribution in [0.3, 0.4) is 0 Å². The first kappa shape index (κ1) is 12.2. The summed E-state index contributed by atoms with van der Waals surface area (Å²) in [6.07, 6.45) is 5.57. The fourth-order valence-electron chi connectivity index (χ4n) is 2.12. The van der Waals surface area contributed by atoms with Crippen molar-refractivity contribution in [1.82, 2.24) is 15.0 Å². The quantitative estimate of drug-likeness (QED) is 0.852. The van der Waals surface area contributed by atoms with Crippen LogP contribution in [0.1, 0.15) is 43.3 Å². The number of aromatic nitrogens is 3. The molecule has 17 heavy (non-hydrogen) atoms. The molecule has 2 N–H and O–H groups in total. The molecule has 1 aliphatic rings. The molecule has 0 amide bonds. The molecule has 0 spiro atoms. The average molecular weight is 256 g/mol. The van der Waals surface area contributed by atoms with Crippen molar-refractivity contribution in [2.75, 3.05) is 12.0 Å². The Hall–Kier alpha value is -1.24. The van der Waals surface area contributed by atoms with Gasteiger partial charge in [0.15, 0.2) is 9.84 Å². The SMILES string of the molecule is CS(=O)(=O)Cc1nc(N)nc(C2CCCC2)n1. The third-order valence-corrected chi connectivity index (χ3v) is 3.61. The molecule has 0 aliphatic heterocycles. The number of hydrogen-bond acceptors (Lipinski definition) is 6. The summed E-state index contributed by atoms with van der Waals surface area (Å²) in [5.74, 6) is 1.13. The molecule has 1 saturated carbocycles. The van der Waals surface area contributed by atoms with Crippen molar-refractivity contribution >= 4 is 15.8 Å². The minimum absolute atomic E-state index is 0.112. The fraction of sp³-hybridized carbons (Fsp3) is 0.700. The first-order valence-electron chi connectivity index (χ1n) is 5.62. The van der Waals surface area contributed by atoms with Gasteiger partial charge in [0.2, 0.25) is 5.95 Å². The summed E-state index contributed by atoms with van der Waals surface area (Å²) in [6.45, 7) is 0. The zero-order valence-electron chi connectivity index (χ0n) is 9.76. The molecular weight excluding hydrogens is 240 g/mol. The predicted molar refractivity (Wildman–Crippen MR) is 64.0 cm³/mol. The molecule has 0 atom stereocenters. The standard InChI is InChI=1S/C10H16N4O2S/c1-17(15,16)6-8-12-9(14-10(11)13-8)7-4-2-3-5-7/h7H,2-6H2,1H3,(H2,11,12,13,14). The summed E-state index contributed by atoms with van der Waals surface area (Å²) in [5.41, 5.74) is 5.59. The van der Waals surface area contributed by atoms with Gasteiger partial charge in [-0.15, -0.1) is 0 Å². The second-order valence-corrected chi connectivity index (χ2v) is 6.66. The number of nitrogens with zero attached hydrogens (tertiary/aromatic N) is 3. The number of anilines is 1. The normalized spacial score (nSPS) is 17.5. The molecule has 1 aliphatic carbocycles. The van der Waals surface area contributed by atoms with Crippen LogP contribution in [0, 0.1) is 0 Å². The van der Waals surface area contributed by atoms with Crippen molar-refractivity contribution < 1.29 is 8.42 Å². The van der Waals surface area contributed by atoms with Crippen molar-refractivity contribution in [2.45, 2.75) is 37.4 Å². The van der Waals surface area contributed by atoms with Crippen LogP contribution in [0.25, 0.3) is 0 Å². The van der Waals surface area contributed by atoms with Gasteiger partial charge in [-0.3, -0.25) is 0 Å². The molecule has 0 radical (unpaired) electrons.